The Morgan fingerprint density at radius 3 is 2.33 bits per heavy atom. The average molecular weight is 507 g/mol. The molecule has 0 unspecified atom stereocenters. The molecule has 4 rings (SSSR count). The van der Waals surface area contributed by atoms with Crippen LogP contribution in [-0.2, 0) is 6.54 Å². The van der Waals surface area contributed by atoms with Gasteiger partial charge < -0.3 is 24.0 Å². The summed E-state index contributed by atoms with van der Waals surface area (Å²) >= 11 is 0. The molecule has 0 N–H and O–H groups in total. The number of halogens is 1. The van der Waals surface area contributed by atoms with Gasteiger partial charge in [-0.3, -0.25) is 0 Å². The van der Waals surface area contributed by atoms with Crippen molar-refractivity contribution in [2.24, 2.45) is 0 Å². The smallest absolute Gasteiger partial charge is 0.213 e. The van der Waals surface area contributed by atoms with Crippen LogP contribution in [0.2, 0.25) is 0 Å². The summed E-state index contributed by atoms with van der Waals surface area (Å²) in [4.78, 5) is 0. The first-order chi connectivity index (χ1) is 14.0. The first-order valence-electron chi connectivity index (χ1n) is 10.6. The van der Waals surface area contributed by atoms with Crippen LogP contribution in [0.15, 0.2) is 60.8 Å². The van der Waals surface area contributed by atoms with E-state index in [-0.39, 0.29) is 24.0 Å². The number of para-hydroxylation sites is 1. The van der Waals surface area contributed by atoms with E-state index in [2.05, 4.69) is 112 Å². The van der Waals surface area contributed by atoms with Gasteiger partial charge in [-0.25, -0.2) is 0 Å². The Morgan fingerprint density at radius 2 is 1.60 bits per heavy atom. The van der Waals surface area contributed by atoms with Crippen LogP contribution in [0.4, 0.5) is 0 Å². The second-order valence-corrected chi connectivity index (χ2v) is 8.29. The molecule has 0 spiro atoms. The van der Waals surface area contributed by atoms with Crippen LogP contribution in [0, 0.1) is 13.8 Å². The summed E-state index contributed by atoms with van der Waals surface area (Å²) in [5.41, 5.74) is 10.7. The Labute approximate surface area is 197 Å². The molecule has 2 aromatic rings. The minimum atomic E-state index is 0. The molecule has 2 aliphatic rings. The van der Waals surface area contributed by atoms with E-state index in [1.165, 1.54) is 49.8 Å². The molecule has 1 aromatic heterocycles. The molecule has 1 aromatic carbocycles. The van der Waals surface area contributed by atoms with Gasteiger partial charge in [0.2, 0.25) is 5.52 Å². The van der Waals surface area contributed by atoms with Crippen molar-refractivity contribution in [2.75, 3.05) is 0 Å². The number of aromatic nitrogens is 1. The zero-order valence-electron chi connectivity index (χ0n) is 18.5. The van der Waals surface area contributed by atoms with Crippen molar-refractivity contribution in [2.45, 2.75) is 47.1 Å². The SMILES string of the molecule is CC[n+]1ccc(/C=C/c2cc(C)c3cc(C(C)C)ccc(C)c2-3)c2ccccc21.[I-]. The maximum atomic E-state index is 2.38. The highest BCUT2D eigenvalue weighted by Gasteiger charge is 2.15. The molecule has 0 atom stereocenters. The van der Waals surface area contributed by atoms with Gasteiger partial charge in [0.1, 0.15) is 6.54 Å². The van der Waals surface area contributed by atoms with Crippen LogP contribution < -0.4 is 28.5 Å². The van der Waals surface area contributed by atoms with Gasteiger partial charge in [0, 0.05) is 12.1 Å². The third kappa shape index (κ3) is 4.15. The highest BCUT2D eigenvalue weighted by atomic mass is 127. The third-order valence-corrected chi connectivity index (χ3v) is 5.99. The number of fused-ring (bicyclic) bond motifs is 2. The molecule has 30 heavy (non-hydrogen) atoms. The third-order valence-electron chi connectivity index (χ3n) is 5.99. The van der Waals surface area contributed by atoms with Gasteiger partial charge in [0.15, 0.2) is 6.20 Å². The van der Waals surface area contributed by atoms with Crippen molar-refractivity contribution in [3.63, 3.8) is 0 Å². The van der Waals surface area contributed by atoms with Crippen molar-refractivity contribution in [1.82, 2.24) is 0 Å². The Bertz CT molecular complexity index is 1190. The van der Waals surface area contributed by atoms with Crippen LogP contribution >= 0.6 is 0 Å². The second kappa shape index (κ2) is 9.30. The van der Waals surface area contributed by atoms with Crippen LogP contribution in [0.3, 0.4) is 0 Å². The quantitative estimate of drug-likeness (QED) is 0.289. The highest BCUT2D eigenvalue weighted by Crippen LogP contribution is 2.37. The number of rotatable bonds is 4. The van der Waals surface area contributed by atoms with Gasteiger partial charge in [-0.2, -0.15) is 4.57 Å². The first kappa shape index (κ1) is 22.5. The first-order valence-corrected chi connectivity index (χ1v) is 10.6. The van der Waals surface area contributed by atoms with Crippen molar-refractivity contribution in [1.29, 1.82) is 0 Å². The van der Waals surface area contributed by atoms with E-state index in [0.717, 1.165) is 6.54 Å². The fourth-order valence-corrected chi connectivity index (χ4v) is 4.28. The molecule has 0 aliphatic heterocycles. The van der Waals surface area contributed by atoms with Gasteiger partial charge >= 0.3 is 0 Å². The summed E-state index contributed by atoms with van der Waals surface area (Å²) in [5.74, 6) is 0.527. The number of aryl methyl sites for hydroxylation is 3. The van der Waals surface area contributed by atoms with Crippen molar-refractivity contribution in [3.8, 4) is 11.1 Å². The largest absolute Gasteiger partial charge is 1.00 e. The molecule has 0 radical (unpaired) electrons. The number of nitrogens with zero attached hydrogens (tertiary/aromatic N) is 1. The summed E-state index contributed by atoms with van der Waals surface area (Å²) in [5, 5.41) is 1.30. The number of pyridine rings is 1. The zero-order valence-corrected chi connectivity index (χ0v) is 20.7. The van der Waals surface area contributed by atoms with Crippen LogP contribution in [0.1, 0.15) is 54.5 Å². The fraction of sp³-hybridized carbons (Fsp3) is 0.250. The maximum Gasteiger partial charge on any atom is 0.213 e. The minimum absolute atomic E-state index is 0. The van der Waals surface area contributed by atoms with Crippen LogP contribution in [-0.4, -0.2) is 0 Å². The lowest BCUT2D eigenvalue weighted by molar-refractivity contribution is -0.667. The molecule has 0 saturated heterocycles. The van der Waals surface area contributed by atoms with Crippen molar-refractivity contribution in [3.05, 3.63) is 88.6 Å². The maximum absolute atomic E-state index is 2.38. The molecule has 1 nitrogen and oxygen atoms in total. The highest BCUT2D eigenvalue weighted by molar-refractivity contribution is 5.92. The van der Waals surface area contributed by atoms with E-state index in [0.29, 0.717) is 5.92 Å². The fourth-order valence-electron chi connectivity index (χ4n) is 4.28. The van der Waals surface area contributed by atoms with Crippen molar-refractivity contribution < 1.29 is 28.5 Å². The topological polar surface area (TPSA) is 3.88 Å². The lowest BCUT2D eigenvalue weighted by atomic mass is 10.00. The van der Waals surface area contributed by atoms with Crippen molar-refractivity contribution >= 4 is 23.1 Å². The van der Waals surface area contributed by atoms with Gasteiger partial charge in [-0.1, -0.05) is 62.4 Å². The average Bonchev–Trinajstić information content (AvgIpc) is 2.91. The predicted octanol–water partition coefficient (Wildman–Crippen LogP) is 4.17. The van der Waals surface area contributed by atoms with E-state index >= 15 is 0 Å². The van der Waals surface area contributed by atoms with Crippen LogP contribution in [0.5, 0.6) is 0 Å². The number of benzene rings is 1. The molecule has 0 saturated carbocycles. The zero-order chi connectivity index (χ0) is 20.5. The Hall–Kier alpha value is -2.20. The summed E-state index contributed by atoms with van der Waals surface area (Å²) in [7, 11) is 0. The van der Waals surface area contributed by atoms with E-state index in [4.69, 9.17) is 0 Å². The predicted molar refractivity (Wildman–Crippen MR) is 125 cm³/mol. The van der Waals surface area contributed by atoms with Crippen LogP contribution in [0.25, 0.3) is 34.2 Å². The Morgan fingerprint density at radius 1 is 0.867 bits per heavy atom. The van der Waals surface area contributed by atoms with E-state index in [1.54, 1.807) is 0 Å². The molecule has 0 bridgehead atoms. The molecule has 2 aliphatic carbocycles. The van der Waals surface area contributed by atoms with Gasteiger partial charge in [0.05, 0.1) is 5.39 Å². The molecule has 154 valence electrons. The van der Waals surface area contributed by atoms with E-state index in [9.17, 15) is 0 Å². The Balaban J connectivity index is 0.00000256. The summed E-state index contributed by atoms with van der Waals surface area (Å²) < 4.78 is 2.30. The molecular weight excluding hydrogens is 477 g/mol. The lowest BCUT2D eigenvalue weighted by Gasteiger charge is -2.05. The summed E-state index contributed by atoms with van der Waals surface area (Å²) in [6, 6.07) is 20.1. The minimum Gasteiger partial charge on any atom is -1.00 e. The molecular formula is C28H30IN. The van der Waals surface area contributed by atoms with Gasteiger partial charge in [-0.05, 0) is 71.7 Å². The number of hydrogen-bond acceptors (Lipinski definition) is 0. The summed E-state index contributed by atoms with van der Waals surface area (Å²) in [6.07, 6.45) is 6.75. The number of hydrogen-bond donors (Lipinski definition) is 0. The lowest BCUT2D eigenvalue weighted by Crippen LogP contribution is -3.00. The molecule has 1 heterocycles. The summed E-state index contributed by atoms with van der Waals surface area (Å²) in [6.45, 7) is 12.1. The second-order valence-electron chi connectivity index (χ2n) is 8.29. The normalized spacial score (nSPS) is 11.5. The standard InChI is InChI=1S/C28H30N.HI/c1-6-29-16-15-22(25-9-7-8-10-27(25)29)13-14-24-17-21(5)26-18-23(19(2)3)12-11-20(4)28(24)26;/h7-19H,6H2,1-5H3;1H/q+1;/p-1/b14-13+;. The van der Waals surface area contributed by atoms with Gasteiger partial charge in [-0.15, -0.1) is 0 Å². The molecule has 0 fully saturated rings. The molecule has 0 amide bonds. The van der Waals surface area contributed by atoms with Gasteiger partial charge in [0.25, 0.3) is 0 Å². The Kier molecular flexibility index (Phi) is 6.97. The molecule has 2 heteroatoms. The monoisotopic (exact) mass is 507 g/mol. The van der Waals surface area contributed by atoms with E-state index in [1.807, 2.05) is 0 Å². The van der Waals surface area contributed by atoms with E-state index < -0.39 is 0 Å².